The Morgan fingerprint density at radius 3 is 2.47 bits per heavy atom. The number of furan rings is 1. The average molecular weight is 719 g/mol. The number of likely N-dealkylation sites (N-methyl/N-ethyl adjacent to an activating group) is 1. The number of esters is 1. The maximum Gasteiger partial charge on any atom is 0.313 e. The highest BCUT2D eigenvalue weighted by Gasteiger charge is 2.32. The molecule has 36 heavy (non-hydrogen) atoms. The summed E-state index contributed by atoms with van der Waals surface area (Å²) in [5, 5.41) is 0.728. The number of allylic oxidation sites excluding steroid dienone is 3. The second-order valence-electron chi connectivity index (χ2n) is 9.31. The standard InChI is InChI=1S/C28H35I2NO5/c1-6-31(7-2)12-13-34-28-21(29)14-19(15-22(28)30)27(33)26-20-10-8-9-11-23(20)36-24(26)16-25(32)35-18(5)17(3)4/h8-11,14,17-19H,6-7,12-13,15-16H2,1-5H3. The molecule has 1 aromatic carbocycles. The number of ether oxygens (including phenoxy) is 2. The number of nitrogens with zero attached hydrogens (tertiary/aromatic N) is 1. The van der Waals surface area contributed by atoms with Gasteiger partial charge in [-0.25, -0.2) is 0 Å². The van der Waals surface area contributed by atoms with Crippen molar-refractivity contribution in [3.05, 3.63) is 54.6 Å². The summed E-state index contributed by atoms with van der Waals surface area (Å²) in [5.41, 5.74) is 1.07. The monoisotopic (exact) mass is 719 g/mol. The highest BCUT2D eigenvalue weighted by molar-refractivity contribution is 14.1. The molecular formula is C28H35I2NO5. The minimum absolute atomic E-state index is 0.0508. The van der Waals surface area contributed by atoms with Crippen LogP contribution < -0.4 is 0 Å². The van der Waals surface area contributed by atoms with Crippen LogP contribution >= 0.6 is 45.2 Å². The number of halogens is 2. The Kier molecular flexibility index (Phi) is 10.9. The van der Waals surface area contributed by atoms with Gasteiger partial charge in [-0.1, -0.05) is 52.0 Å². The molecule has 1 aliphatic rings. The normalized spacial score (nSPS) is 17.0. The largest absolute Gasteiger partial charge is 0.490 e. The van der Waals surface area contributed by atoms with Gasteiger partial charge in [-0.2, -0.15) is 0 Å². The summed E-state index contributed by atoms with van der Waals surface area (Å²) in [5.74, 6) is 0.630. The minimum Gasteiger partial charge on any atom is -0.490 e. The number of hydrogen-bond acceptors (Lipinski definition) is 6. The van der Waals surface area contributed by atoms with Crippen LogP contribution in [0.25, 0.3) is 11.0 Å². The van der Waals surface area contributed by atoms with Gasteiger partial charge in [-0.3, -0.25) is 9.59 Å². The van der Waals surface area contributed by atoms with Gasteiger partial charge in [0.2, 0.25) is 0 Å². The lowest BCUT2D eigenvalue weighted by Crippen LogP contribution is -2.27. The predicted molar refractivity (Wildman–Crippen MR) is 160 cm³/mol. The van der Waals surface area contributed by atoms with Crippen molar-refractivity contribution in [2.75, 3.05) is 26.2 Å². The van der Waals surface area contributed by atoms with Crippen molar-refractivity contribution in [1.82, 2.24) is 4.90 Å². The molecule has 0 spiro atoms. The lowest BCUT2D eigenvalue weighted by molar-refractivity contribution is -0.149. The molecule has 0 aliphatic heterocycles. The lowest BCUT2D eigenvalue weighted by Gasteiger charge is -2.23. The Morgan fingerprint density at radius 1 is 1.14 bits per heavy atom. The molecule has 1 heterocycles. The van der Waals surface area contributed by atoms with Gasteiger partial charge < -0.3 is 18.8 Å². The Morgan fingerprint density at radius 2 is 1.83 bits per heavy atom. The van der Waals surface area contributed by atoms with E-state index < -0.39 is 5.97 Å². The van der Waals surface area contributed by atoms with Crippen molar-refractivity contribution in [1.29, 1.82) is 0 Å². The number of benzene rings is 1. The molecule has 0 bridgehead atoms. The van der Waals surface area contributed by atoms with Crippen LogP contribution in [-0.2, 0) is 20.7 Å². The van der Waals surface area contributed by atoms with Crippen LogP contribution in [0.5, 0.6) is 0 Å². The van der Waals surface area contributed by atoms with E-state index in [2.05, 4.69) is 63.9 Å². The molecule has 8 heteroatoms. The highest BCUT2D eigenvalue weighted by Crippen LogP contribution is 2.39. The molecule has 1 aliphatic carbocycles. The van der Waals surface area contributed by atoms with Crippen molar-refractivity contribution in [3.8, 4) is 0 Å². The van der Waals surface area contributed by atoms with Crippen LogP contribution in [0.4, 0.5) is 0 Å². The summed E-state index contributed by atoms with van der Waals surface area (Å²) in [6.07, 6.45) is 2.24. The third kappa shape index (κ3) is 7.12. The van der Waals surface area contributed by atoms with Gasteiger partial charge in [-0.05, 0) is 83.6 Å². The van der Waals surface area contributed by atoms with Crippen LogP contribution in [0.15, 0.2) is 47.7 Å². The Bertz CT molecular complexity index is 1150. The molecule has 0 fully saturated rings. The summed E-state index contributed by atoms with van der Waals surface area (Å²) in [6.45, 7) is 13.6. The van der Waals surface area contributed by atoms with E-state index >= 15 is 0 Å². The van der Waals surface area contributed by atoms with Gasteiger partial charge in [0.05, 0.1) is 9.14 Å². The molecular weight excluding hydrogens is 684 g/mol. The summed E-state index contributed by atoms with van der Waals surface area (Å²) < 4.78 is 19.6. The molecule has 3 rings (SSSR count). The molecule has 6 nitrogen and oxygen atoms in total. The zero-order chi connectivity index (χ0) is 26.4. The number of fused-ring (bicyclic) bond motifs is 1. The second-order valence-corrected chi connectivity index (χ2v) is 11.8. The Labute approximate surface area is 241 Å². The first-order valence-corrected chi connectivity index (χ1v) is 14.7. The van der Waals surface area contributed by atoms with Crippen molar-refractivity contribution >= 4 is 67.9 Å². The maximum atomic E-state index is 13.9. The smallest absolute Gasteiger partial charge is 0.313 e. The summed E-state index contributed by atoms with van der Waals surface area (Å²) >= 11 is 4.54. The van der Waals surface area contributed by atoms with Crippen molar-refractivity contribution in [2.45, 2.75) is 53.6 Å². The summed E-state index contributed by atoms with van der Waals surface area (Å²) in [4.78, 5) is 28.8. The van der Waals surface area contributed by atoms with Gasteiger partial charge >= 0.3 is 5.97 Å². The van der Waals surface area contributed by atoms with E-state index in [1.165, 1.54) is 0 Å². The van der Waals surface area contributed by atoms with Crippen LogP contribution in [0.2, 0.25) is 0 Å². The maximum absolute atomic E-state index is 13.9. The third-order valence-corrected chi connectivity index (χ3v) is 8.35. The number of hydrogen-bond donors (Lipinski definition) is 0. The number of carbonyl (C=O) groups is 2. The molecule has 0 radical (unpaired) electrons. The van der Waals surface area contributed by atoms with E-state index in [0.29, 0.717) is 29.9 Å². The highest BCUT2D eigenvalue weighted by atomic mass is 127. The Balaban J connectivity index is 1.81. The molecule has 2 aromatic rings. The number of ketones is 1. The zero-order valence-electron chi connectivity index (χ0n) is 21.6. The van der Waals surface area contributed by atoms with E-state index in [1.54, 1.807) is 0 Å². The molecule has 1 aromatic heterocycles. The summed E-state index contributed by atoms with van der Waals surface area (Å²) in [6, 6.07) is 7.44. The minimum atomic E-state index is -0.392. The van der Waals surface area contributed by atoms with E-state index in [0.717, 1.165) is 37.9 Å². The fourth-order valence-electron chi connectivity index (χ4n) is 4.05. The van der Waals surface area contributed by atoms with Crippen LogP contribution in [0.1, 0.15) is 57.2 Å². The molecule has 0 N–H and O–H groups in total. The van der Waals surface area contributed by atoms with Gasteiger partial charge in [0, 0.05) is 21.4 Å². The Hall–Kier alpha value is -1.40. The van der Waals surface area contributed by atoms with Gasteiger partial charge in [-0.15, -0.1) is 0 Å². The number of rotatable bonds is 12. The molecule has 2 unspecified atom stereocenters. The molecule has 0 saturated carbocycles. The summed E-state index contributed by atoms with van der Waals surface area (Å²) in [7, 11) is 0. The third-order valence-electron chi connectivity index (χ3n) is 6.57. The van der Waals surface area contributed by atoms with Crippen LogP contribution in [0.3, 0.4) is 0 Å². The average Bonchev–Trinajstić information content (AvgIpc) is 3.20. The first-order valence-electron chi connectivity index (χ1n) is 12.5. The lowest BCUT2D eigenvalue weighted by atomic mass is 9.89. The molecule has 0 saturated heterocycles. The van der Waals surface area contributed by atoms with Crippen LogP contribution in [-0.4, -0.2) is 49.0 Å². The first-order chi connectivity index (χ1) is 17.2. The number of Topliss-reactive ketones (excluding diaryl/α,β-unsaturated/α-hetero) is 1. The predicted octanol–water partition coefficient (Wildman–Crippen LogP) is 7.09. The van der Waals surface area contributed by atoms with E-state index in [9.17, 15) is 9.59 Å². The second kappa shape index (κ2) is 13.4. The fraction of sp³-hybridized carbons (Fsp3) is 0.500. The van der Waals surface area contributed by atoms with Gasteiger partial charge in [0.15, 0.2) is 5.78 Å². The number of carbonyl (C=O) groups excluding carboxylic acids is 2. The van der Waals surface area contributed by atoms with Gasteiger partial charge in [0.25, 0.3) is 0 Å². The van der Waals surface area contributed by atoms with Gasteiger partial charge in [0.1, 0.15) is 36.2 Å². The fourth-order valence-corrected chi connectivity index (χ4v) is 6.40. The van der Waals surface area contributed by atoms with E-state index in [1.807, 2.05) is 51.1 Å². The van der Waals surface area contributed by atoms with Crippen molar-refractivity contribution < 1.29 is 23.5 Å². The van der Waals surface area contributed by atoms with Crippen molar-refractivity contribution in [3.63, 3.8) is 0 Å². The number of para-hydroxylation sites is 1. The quantitative estimate of drug-likeness (QED) is 0.133. The molecule has 0 amide bonds. The zero-order valence-corrected chi connectivity index (χ0v) is 25.9. The topological polar surface area (TPSA) is 69.0 Å². The first kappa shape index (κ1) is 29.2. The van der Waals surface area contributed by atoms with Crippen molar-refractivity contribution in [2.24, 2.45) is 11.8 Å². The van der Waals surface area contributed by atoms with E-state index in [-0.39, 0.29) is 30.1 Å². The SMILES string of the molecule is CCN(CC)CCOC1=C(I)CC(C(=O)c2c(CC(=O)OC(C)C(C)C)oc3ccccc23)C=C1I. The molecule has 2 atom stereocenters. The van der Waals surface area contributed by atoms with Crippen LogP contribution in [0, 0.1) is 11.8 Å². The molecule has 196 valence electrons. The van der Waals surface area contributed by atoms with E-state index in [4.69, 9.17) is 13.9 Å².